The Morgan fingerprint density at radius 1 is 0.711 bits per heavy atom. The van der Waals surface area contributed by atoms with Crippen LogP contribution in [0, 0.1) is 0 Å². The predicted molar refractivity (Wildman–Crippen MR) is 148 cm³/mol. The minimum Gasteiger partial charge on any atom is -0.423 e. The maximum atomic E-state index is 13.3. The summed E-state index contributed by atoms with van der Waals surface area (Å²) in [6.07, 6.45) is 0. The van der Waals surface area contributed by atoms with E-state index in [0.29, 0.717) is 22.7 Å². The summed E-state index contributed by atoms with van der Waals surface area (Å²) >= 11 is 6.31. The molecule has 6 nitrogen and oxygen atoms in total. The van der Waals surface area contributed by atoms with Crippen LogP contribution in [0.3, 0.4) is 0 Å². The Kier molecular flexibility index (Phi) is 5.86. The molecular formula is C31H19ClN2O4. The molecule has 5 aromatic carbocycles. The molecule has 0 radical (unpaired) electrons. The summed E-state index contributed by atoms with van der Waals surface area (Å²) < 4.78 is 5.53. The number of amides is 2. The number of hydrogen-bond acceptors (Lipinski definition) is 5. The van der Waals surface area contributed by atoms with Gasteiger partial charge in [0.2, 0.25) is 0 Å². The zero-order valence-corrected chi connectivity index (χ0v) is 20.6. The Morgan fingerprint density at radius 3 is 2.18 bits per heavy atom. The Morgan fingerprint density at radius 2 is 1.39 bits per heavy atom. The first-order chi connectivity index (χ1) is 18.5. The molecule has 0 saturated heterocycles. The highest BCUT2D eigenvalue weighted by atomic mass is 35.5. The highest BCUT2D eigenvalue weighted by Gasteiger charge is 2.39. The van der Waals surface area contributed by atoms with Crippen molar-refractivity contribution in [3.63, 3.8) is 0 Å². The van der Waals surface area contributed by atoms with Crippen LogP contribution in [0.2, 0.25) is 0 Å². The molecule has 0 spiro atoms. The van der Waals surface area contributed by atoms with Crippen LogP contribution in [0.1, 0.15) is 10.4 Å². The Bertz CT molecular complexity index is 1790. The Balaban J connectivity index is 1.19. The van der Waals surface area contributed by atoms with Crippen molar-refractivity contribution in [2.24, 2.45) is 0 Å². The van der Waals surface area contributed by atoms with Gasteiger partial charge in [0, 0.05) is 11.1 Å². The average Bonchev–Trinajstić information content (AvgIpc) is 3.15. The molecule has 5 aromatic rings. The van der Waals surface area contributed by atoms with E-state index in [1.165, 1.54) is 0 Å². The molecular weight excluding hydrogens is 500 g/mol. The van der Waals surface area contributed by atoms with Gasteiger partial charge in [0.05, 0.1) is 11.3 Å². The molecule has 184 valence electrons. The predicted octanol–water partition coefficient (Wildman–Crippen LogP) is 6.65. The quantitative estimate of drug-likeness (QED) is 0.160. The van der Waals surface area contributed by atoms with Crippen LogP contribution in [0.4, 0.5) is 11.4 Å². The van der Waals surface area contributed by atoms with Gasteiger partial charge in [-0.1, -0.05) is 78.3 Å². The fourth-order valence-corrected chi connectivity index (χ4v) is 4.68. The minimum absolute atomic E-state index is 0.0314. The average molecular weight is 519 g/mol. The molecule has 1 aliphatic rings. The number of anilines is 2. The minimum atomic E-state index is -0.605. The Labute approximate surface area is 222 Å². The van der Waals surface area contributed by atoms with Gasteiger partial charge >= 0.3 is 5.97 Å². The first kappa shape index (κ1) is 23.5. The van der Waals surface area contributed by atoms with E-state index in [1.54, 1.807) is 42.5 Å². The molecule has 1 N–H and O–H groups in total. The van der Waals surface area contributed by atoms with Crippen molar-refractivity contribution in [3.8, 4) is 5.75 Å². The number of nitrogens with zero attached hydrogens (tertiary/aromatic N) is 1. The molecule has 1 heterocycles. The number of fused-ring (bicyclic) bond motifs is 2. The highest BCUT2D eigenvalue weighted by molar-refractivity contribution is 6.53. The van der Waals surface area contributed by atoms with E-state index in [1.807, 2.05) is 66.7 Å². The molecule has 6 rings (SSSR count). The molecule has 38 heavy (non-hydrogen) atoms. The second-order valence-electron chi connectivity index (χ2n) is 8.73. The van der Waals surface area contributed by atoms with Gasteiger partial charge in [0.1, 0.15) is 16.5 Å². The lowest BCUT2D eigenvalue weighted by Gasteiger charge is -2.17. The molecule has 1 aliphatic heterocycles. The van der Waals surface area contributed by atoms with Crippen LogP contribution in [-0.2, 0) is 9.59 Å². The number of carbonyl (C=O) groups excluding carboxylic acids is 3. The highest BCUT2D eigenvalue weighted by Crippen LogP contribution is 2.34. The number of carbonyl (C=O) groups is 3. The maximum absolute atomic E-state index is 13.3. The number of ether oxygens (including phenoxy) is 1. The molecule has 0 saturated carbocycles. The normalized spacial score (nSPS) is 13.4. The van der Waals surface area contributed by atoms with Crippen molar-refractivity contribution in [3.05, 3.63) is 125 Å². The third-order valence-electron chi connectivity index (χ3n) is 6.36. The second kappa shape index (κ2) is 9.50. The van der Waals surface area contributed by atoms with Crippen molar-refractivity contribution in [1.82, 2.24) is 0 Å². The first-order valence-electron chi connectivity index (χ1n) is 11.8. The molecule has 0 fully saturated rings. The summed E-state index contributed by atoms with van der Waals surface area (Å²) in [5.74, 6) is -1.24. The number of benzene rings is 5. The van der Waals surface area contributed by atoms with E-state index >= 15 is 0 Å². The second-order valence-corrected chi connectivity index (χ2v) is 9.11. The van der Waals surface area contributed by atoms with Gasteiger partial charge in [-0.2, -0.15) is 0 Å². The van der Waals surface area contributed by atoms with Gasteiger partial charge in [-0.3, -0.25) is 9.59 Å². The molecule has 0 aliphatic carbocycles. The van der Waals surface area contributed by atoms with Gasteiger partial charge in [-0.15, -0.1) is 0 Å². The topological polar surface area (TPSA) is 75.7 Å². The third kappa shape index (κ3) is 4.17. The van der Waals surface area contributed by atoms with Crippen LogP contribution >= 0.6 is 11.6 Å². The summed E-state index contributed by atoms with van der Waals surface area (Å²) in [6, 6.07) is 32.5. The summed E-state index contributed by atoms with van der Waals surface area (Å²) in [7, 11) is 0. The van der Waals surface area contributed by atoms with Crippen LogP contribution in [-0.4, -0.2) is 17.8 Å². The zero-order valence-electron chi connectivity index (χ0n) is 19.9. The summed E-state index contributed by atoms with van der Waals surface area (Å²) in [6.45, 7) is 0. The molecule has 0 atom stereocenters. The van der Waals surface area contributed by atoms with E-state index in [0.717, 1.165) is 26.4 Å². The number of halogens is 1. The van der Waals surface area contributed by atoms with Crippen molar-refractivity contribution < 1.29 is 19.1 Å². The van der Waals surface area contributed by atoms with Gasteiger partial charge < -0.3 is 10.1 Å². The van der Waals surface area contributed by atoms with Crippen LogP contribution in [0.15, 0.2) is 120 Å². The monoisotopic (exact) mass is 518 g/mol. The van der Waals surface area contributed by atoms with E-state index in [4.69, 9.17) is 16.3 Å². The van der Waals surface area contributed by atoms with E-state index < -0.39 is 17.8 Å². The van der Waals surface area contributed by atoms with Gasteiger partial charge in [0.25, 0.3) is 11.8 Å². The van der Waals surface area contributed by atoms with Crippen molar-refractivity contribution in [2.75, 3.05) is 10.2 Å². The van der Waals surface area contributed by atoms with Gasteiger partial charge in [0.15, 0.2) is 0 Å². The smallest absolute Gasteiger partial charge is 0.343 e. The third-order valence-corrected chi connectivity index (χ3v) is 6.71. The number of imide groups is 1. The SMILES string of the molecule is O=C(Oc1ccc2ccccc2c1)c1ccc(NC2=C(Cl)C(=O)N(c3cccc4ccccc34)C2=O)cc1. The lowest BCUT2D eigenvalue weighted by molar-refractivity contribution is -0.120. The summed E-state index contributed by atoms with van der Waals surface area (Å²) in [5, 5.41) is 6.41. The van der Waals surface area contributed by atoms with Gasteiger partial charge in [-0.25, -0.2) is 9.69 Å². The fraction of sp³-hybridized carbons (Fsp3) is 0. The number of hydrogen-bond donors (Lipinski definition) is 1. The summed E-state index contributed by atoms with van der Waals surface area (Å²) in [4.78, 5) is 40.0. The molecule has 0 unspecified atom stereocenters. The molecule has 7 heteroatoms. The van der Waals surface area contributed by atoms with Crippen molar-refractivity contribution in [1.29, 1.82) is 0 Å². The number of nitrogens with one attached hydrogen (secondary N) is 1. The standard InChI is InChI=1S/C31H19ClN2O4/c32-27-28(30(36)34(29(27)35)26-11-5-9-20-7-3-4-10-25(20)26)33-23-15-12-21(13-16-23)31(37)38-24-17-14-19-6-1-2-8-22(19)18-24/h1-18,33H. The van der Waals surface area contributed by atoms with E-state index in [-0.39, 0.29) is 10.7 Å². The molecule has 0 aromatic heterocycles. The number of esters is 1. The zero-order chi connectivity index (χ0) is 26.2. The summed E-state index contributed by atoms with van der Waals surface area (Å²) in [5.41, 5.74) is 1.24. The van der Waals surface area contributed by atoms with E-state index in [2.05, 4.69) is 5.32 Å². The lowest BCUT2D eigenvalue weighted by atomic mass is 10.1. The number of rotatable bonds is 5. The maximum Gasteiger partial charge on any atom is 0.343 e. The van der Waals surface area contributed by atoms with Crippen molar-refractivity contribution in [2.45, 2.75) is 0 Å². The Hall–Kier alpha value is -4.94. The van der Waals surface area contributed by atoms with E-state index in [9.17, 15) is 14.4 Å². The molecule has 0 bridgehead atoms. The van der Waals surface area contributed by atoms with Crippen LogP contribution in [0.25, 0.3) is 21.5 Å². The lowest BCUT2D eigenvalue weighted by Crippen LogP contribution is -2.32. The fourth-order valence-electron chi connectivity index (χ4n) is 4.46. The van der Waals surface area contributed by atoms with Crippen molar-refractivity contribution >= 4 is 62.3 Å². The van der Waals surface area contributed by atoms with Crippen LogP contribution < -0.4 is 15.0 Å². The first-order valence-corrected chi connectivity index (χ1v) is 12.2. The van der Waals surface area contributed by atoms with Gasteiger partial charge in [-0.05, 0) is 58.6 Å². The van der Waals surface area contributed by atoms with Crippen LogP contribution in [0.5, 0.6) is 5.75 Å². The largest absolute Gasteiger partial charge is 0.423 e. The molecule has 2 amide bonds.